The molecule has 6 nitrogen and oxygen atoms in total. The fourth-order valence-corrected chi connectivity index (χ4v) is 6.19. The molecule has 1 fully saturated rings. The van der Waals surface area contributed by atoms with Crippen LogP contribution in [0.4, 0.5) is 0 Å². The van der Waals surface area contributed by atoms with E-state index in [2.05, 4.69) is 10.00 Å². The molecule has 4 rings (SSSR count). The summed E-state index contributed by atoms with van der Waals surface area (Å²) in [4.78, 5) is 2.63. The largest absolute Gasteiger partial charge is 0.282 e. The van der Waals surface area contributed by atoms with Gasteiger partial charge in [0.25, 0.3) is 0 Å². The van der Waals surface area contributed by atoms with E-state index in [1.807, 2.05) is 23.7 Å². The third-order valence-electron chi connectivity index (χ3n) is 5.08. The molecule has 140 valence electrons. The molecular formula is C17H22N4O2S3. The Hall–Kier alpha value is -1.13. The molecular weight excluding hydrogens is 388 g/mol. The van der Waals surface area contributed by atoms with Gasteiger partial charge in [-0.15, -0.1) is 0 Å². The summed E-state index contributed by atoms with van der Waals surface area (Å²) in [5.74, 6) is 0. The number of hydrogen-bond acceptors (Lipinski definition) is 6. The number of aryl methyl sites for hydroxylation is 3. The van der Waals surface area contributed by atoms with E-state index in [9.17, 15) is 8.42 Å². The van der Waals surface area contributed by atoms with Gasteiger partial charge in [-0.2, -0.15) is 9.40 Å². The molecule has 1 aromatic carbocycles. The molecule has 2 aromatic rings. The Balaban J connectivity index is 1.43. The molecule has 2 aliphatic rings. The normalized spacial score (nSPS) is 19.0. The van der Waals surface area contributed by atoms with Gasteiger partial charge in [-0.1, -0.05) is 17.4 Å². The van der Waals surface area contributed by atoms with Gasteiger partial charge in [-0.05, 0) is 61.7 Å². The molecule has 0 N–H and O–H groups in total. The van der Waals surface area contributed by atoms with Crippen molar-refractivity contribution in [2.45, 2.75) is 37.8 Å². The molecule has 0 unspecified atom stereocenters. The second-order valence-electron chi connectivity index (χ2n) is 6.83. The van der Waals surface area contributed by atoms with E-state index in [1.54, 1.807) is 10.4 Å². The van der Waals surface area contributed by atoms with Crippen LogP contribution in [0.15, 0.2) is 23.1 Å². The molecule has 0 atom stereocenters. The van der Waals surface area contributed by atoms with Gasteiger partial charge in [0.15, 0.2) is 3.95 Å². The topological polar surface area (TPSA) is 58.4 Å². The Morgan fingerprint density at radius 1 is 1.15 bits per heavy atom. The van der Waals surface area contributed by atoms with Crippen LogP contribution < -0.4 is 0 Å². The highest BCUT2D eigenvalue weighted by Gasteiger charge is 2.29. The number of fused-ring (bicyclic) bond motifs is 1. The zero-order valence-corrected chi connectivity index (χ0v) is 17.2. The second-order valence-corrected chi connectivity index (χ2v) is 10.6. The van der Waals surface area contributed by atoms with E-state index in [0.29, 0.717) is 37.7 Å². The molecule has 0 saturated carbocycles. The number of sulfonamides is 1. The first kappa shape index (κ1) is 18.2. The maximum atomic E-state index is 13.0. The number of aromatic nitrogens is 2. The average molecular weight is 411 g/mol. The summed E-state index contributed by atoms with van der Waals surface area (Å²) in [5, 5.41) is 5.36. The fraction of sp³-hybridized carbons (Fsp3) is 0.529. The van der Waals surface area contributed by atoms with Gasteiger partial charge >= 0.3 is 0 Å². The standard InChI is InChI=1S/C17H22N4O2S3/c1-13-18-21(17(24)25-13)12-19-7-9-20(10-8-19)26(22,23)16-6-5-14-3-2-4-15(14)11-16/h5-6,11H,2-4,7-10,12H2,1H3. The quantitative estimate of drug-likeness (QED) is 0.725. The maximum Gasteiger partial charge on any atom is 0.243 e. The molecule has 1 aliphatic carbocycles. The summed E-state index contributed by atoms with van der Waals surface area (Å²) in [6.45, 7) is 4.92. The van der Waals surface area contributed by atoms with Crippen molar-refractivity contribution >= 4 is 33.6 Å². The lowest BCUT2D eigenvalue weighted by Gasteiger charge is -2.33. The van der Waals surface area contributed by atoms with Gasteiger partial charge in [-0.25, -0.2) is 13.1 Å². The van der Waals surface area contributed by atoms with Gasteiger partial charge in [0, 0.05) is 26.2 Å². The summed E-state index contributed by atoms with van der Waals surface area (Å²) in [6.07, 6.45) is 3.17. The van der Waals surface area contributed by atoms with Gasteiger partial charge in [0.2, 0.25) is 10.0 Å². The summed E-state index contributed by atoms with van der Waals surface area (Å²) in [6, 6.07) is 5.63. The number of benzene rings is 1. The summed E-state index contributed by atoms with van der Waals surface area (Å²) >= 11 is 6.82. The summed E-state index contributed by atoms with van der Waals surface area (Å²) in [5.41, 5.74) is 2.49. The van der Waals surface area contributed by atoms with E-state index < -0.39 is 10.0 Å². The Kier molecular flexibility index (Phi) is 5.00. The molecule has 0 radical (unpaired) electrons. The van der Waals surface area contributed by atoms with Crippen LogP contribution in [0.5, 0.6) is 0 Å². The van der Waals surface area contributed by atoms with Gasteiger partial charge in [-0.3, -0.25) is 4.90 Å². The van der Waals surface area contributed by atoms with Crippen LogP contribution in [-0.4, -0.2) is 53.6 Å². The van der Waals surface area contributed by atoms with E-state index >= 15 is 0 Å². The van der Waals surface area contributed by atoms with Crippen LogP contribution in [0, 0.1) is 10.9 Å². The van der Waals surface area contributed by atoms with Crippen molar-refractivity contribution in [3.63, 3.8) is 0 Å². The zero-order valence-electron chi connectivity index (χ0n) is 14.7. The molecule has 0 spiro atoms. The summed E-state index contributed by atoms with van der Waals surface area (Å²) < 4.78 is 30.2. The first-order chi connectivity index (χ1) is 12.4. The predicted molar refractivity (Wildman–Crippen MR) is 104 cm³/mol. The van der Waals surface area contributed by atoms with Crippen molar-refractivity contribution < 1.29 is 8.42 Å². The molecule has 9 heteroatoms. The van der Waals surface area contributed by atoms with E-state index in [1.165, 1.54) is 22.5 Å². The monoisotopic (exact) mass is 410 g/mol. The van der Waals surface area contributed by atoms with E-state index in [4.69, 9.17) is 12.2 Å². The number of rotatable bonds is 4. The Morgan fingerprint density at radius 3 is 2.58 bits per heavy atom. The van der Waals surface area contributed by atoms with Crippen LogP contribution in [-0.2, 0) is 29.5 Å². The molecule has 2 heterocycles. The third-order valence-corrected chi connectivity index (χ3v) is 8.20. The van der Waals surface area contributed by atoms with Crippen molar-refractivity contribution in [1.29, 1.82) is 0 Å². The van der Waals surface area contributed by atoms with Crippen molar-refractivity contribution in [3.8, 4) is 0 Å². The molecule has 26 heavy (non-hydrogen) atoms. The van der Waals surface area contributed by atoms with Gasteiger partial charge < -0.3 is 0 Å². The van der Waals surface area contributed by atoms with E-state index in [-0.39, 0.29) is 0 Å². The predicted octanol–water partition coefficient (Wildman–Crippen LogP) is 2.44. The van der Waals surface area contributed by atoms with Crippen molar-refractivity contribution in [2.24, 2.45) is 0 Å². The molecule has 0 amide bonds. The maximum absolute atomic E-state index is 13.0. The Bertz CT molecular complexity index is 972. The number of hydrogen-bond donors (Lipinski definition) is 0. The minimum atomic E-state index is -3.42. The first-order valence-corrected chi connectivity index (χ1v) is 11.5. The lowest BCUT2D eigenvalue weighted by molar-refractivity contribution is 0.145. The number of piperazine rings is 1. The van der Waals surface area contributed by atoms with Crippen LogP contribution in [0.25, 0.3) is 0 Å². The third kappa shape index (κ3) is 3.50. The second kappa shape index (κ2) is 7.12. The van der Waals surface area contributed by atoms with Crippen molar-refractivity contribution in [1.82, 2.24) is 19.0 Å². The molecule has 0 bridgehead atoms. The minimum absolute atomic E-state index is 0.434. The lowest BCUT2D eigenvalue weighted by Crippen LogP contribution is -2.48. The van der Waals surface area contributed by atoms with Gasteiger partial charge in [0.05, 0.1) is 11.6 Å². The number of nitrogens with zero attached hydrogens (tertiary/aromatic N) is 4. The van der Waals surface area contributed by atoms with Crippen LogP contribution in [0.1, 0.15) is 22.6 Å². The zero-order chi connectivity index (χ0) is 18.3. The Labute approximate surface area is 163 Å². The van der Waals surface area contributed by atoms with Gasteiger partial charge in [0.1, 0.15) is 5.01 Å². The van der Waals surface area contributed by atoms with Crippen molar-refractivity contribution in [3.05, 3.63) is 38.3 Å². The minimum Gasteiger partial charge on any atom is -0.282 e. The molecule has 1 aromatic heterocycles. The molecule has 1 aliphatic heterocycles. The van der Waals surface area contributed by atoms with Crippen LogP contribution >= 0.6 is 23.6 Å². The lowest BCUT2D eigenvalue weighted by atomic mass is 10.1. The smallest absolute Gasteiger partial charge is 0.243 e. The van der Waals surface area contributed by atoms with Crippen LogP contribution in [0.3, 0.4) is 0 Å². The molecule has 1 saturated heterocycles. The average Bonchev–Trinajstić information content (AvgIpc) is 3.20. The fourth-order valence-electron chi connectivity index (χ4n) is 3.66. The SMILES string of the molecule is Cc1nn(CN2CCN(S(=O)(=O)c3ccc4c(c3)CCC4)CC2)c(=S)s1. The Morgan fingerprint density at radius 2 is 1.88 bits per heavy atom. The summed E-state index contributed by atoms with van der Waals surface area (Å²) in [7, 11) is -3.42. The highest BCUT2D eigenvalue weighted by Crippen LogP contribution is 2.26. The first-order valence-electron chi connectivity index (χ1n) is 8.82. The van der Waals surface area contributed by atoms with Crippen molar-refractivity contribution in [2.75, 3.05) is 26.2 Å². The van der Waals surface area contributed by atoms with Crippen LogP contribution in [0.2, 0.25) is 0 Å². The highest BCUT2D eigenvalue weighted by molar-refractivity contribution is 7.89. The van der Waals surface area contributed by atoms with E-state index in [0.717, 1.165) is 28.2 Å². The highest BCUT2D eigenvalue weighted by atomic mass is 32.2.